The van der Waals surface area contributed by atoms with Gasteiger partial charge in [0.15, 0.2) is 14.6 Å². The fourth-order valence-corrected chi connectivity index (χ4v) is 7.32. The van der Waals surface area contributed by atoms with Gasteiger partial charge in [0.1, 0.15) is 0 Å². The Morgan fingerprint density at radius 2 is 1.56 bits per heavy atom. The van der Waals surface area contributed by atoms with Crippen LogP contribution >= 0.6 is 23.5 Å². The fourth-order valence-electron chi connectivity index (χ4n) is 3.08. The highest BCUT2D eigenvalue weighted by molar-refractivity contribution is 8.00. The summed E-state index contributed by atoms with van der Waals surface area (Å²) in [4.78, 5) is 14.4. The lowest BCUT2D eigenvalue weighted by molar-refractivity contribution is -0.132. The number of carbonyl (C=O) groups is 1. The number of amides is 1. The molecule has 144 valence electrons. The third-order valence-electron chi connectivity index (χ3n) is 4.72. The first-order valence-electron chi connectivity index (χ1n) is 8.50. The molecule has 0 aliphatic carbocycles. The predicted octanol–water partition coefficient (Wildman–Crippen LogP) is 3.69. The Morgan fingerprint density at radius 1 is 1.04 bits per heavy atom. The Bertz CT molecular complexity index is 903. The maximum absolute atomic E-state index is 13.2. The van der Waals surface area contributed by atoms with Crippen molar-refractivity contribution in [3.05, 3.63) is 54.1 Å². The van der Waals surface area contributed by atoms with E-state index in [0.29, 0.717) is 11.5 Å². The standard InChI is InChI=1S/C19H21NO4S3/c1-14-2-4-15(5-3-14)26-16-6-8-17(9-7-16)27(23,24)19(18(21)20-22)10-12-25-13-11-19/h2-9,22H,10-13H2,1H3,(H,20,21). The molecule has 0 radical (unpaired) electrons. The summed E-state index contributed by atoms with van der Waals surface area (Å²) in [5.41, 5.74) is 2.75. The van der Waals surface area contributed by atoms with Crippen molar-refractivity contribution in [2.24, 2.45) is 0 Å². The zero-order valence-electron chi connectivity index (χ0n) is 14.8. The maximum Gasteiger partial charge on any atom is 0.265 e. The molecule has 5 nitrogen and oxygen atoms in total. The monoisotopic (exact) mass is 423 g/mol. The minimum atomic E-state index is -3.92. The number of benzene rings is 2. The van der Waals surface area contributed by atoms with Crippen LogP contribution in [0.4, 0.5) is 0 Å². The lowest BCUT2D eigenvalue weighted by atomic mass is 10.0. The van der Waals surface area contributed by atoms with Crippen molar-refractivity contribution >= 4 is 39.3 Å². The summed E-state index contributed by atoms with van der Waals surface area (Å²) in [7, 11) is -3.92. The van der Waals surface area contributed by atoms with Gasteiger partial charge in [-0.05, 0) is 67.7 Å². The Kier molecular flexibility index (Phi) is 6.20. The highest BCUT2D eigenvalue weighted by Crippen LogP contribution is 2.39. The molecule has 1 fully saturated rings. The average molecular weight is 424 g/mol. The topological polar surface area (TPSA) is 83.5 Å². The zero-order chi connectivity index (χ0) is 19.5. The number of sulfone groups is 1. The molecule has 1 aliphatic rings. The van der Waals surface area contributed by atoms with E-state index in [1.807, 2.05) is 31.2 Å². The van der Waals surface area contributed by atoms with Crippen molar-refractivity contribution in [1.29, 1.82) is 0 Å². The van der Waals surface area contributed by atoms with E-state index in [1.165, 1.54) is 5.56 Å². The molecule has 2 aromatic carbocycles. The quantitative estimate of drug-likeness (QED) is 0.564. The summed E-state index contributed by atoms with van der Waals surface area (Å²) in [6.45, 7) is 2.02. The van der Waals surface area contributed by atoms with Crippen LogP contribution in [0.5, 0.6) is 0 Å². The fraction of sp³-hybridized carbons (Fsp3) is 0.316. The molecule has 1 amide bonds. The van der Waals surface area contributed by atoms with Crippen molar-refractivity contribution in [3.63, 3.8) is 0 Å². The molecule has 0 unspecified atom stereocenters. The minimum Gasteiger partial charge on any atom is -0.289 e. The molecule has 3 rings (SSSR count). The number of hydroxylamine groups is 1. The van der Waals surface area contributed by atoms with Gasteiger partial charge in [0.25, 0.3) is 5.91 Å². The highest BCUT2D eigenvalue weighted by atomic mass is 32.2. The van der Waals surface area contributed by atoms with Crippen LogP contribution < -0.4 is 5.48 Å². The molecule has 2 N–H and O–H groups in total. The van der Waals surface area contributed by atoms with Crippen molar-refractivity contribution in [3.8, 4) is 0 Å². The van der Waals surface area contributed by atoms with Gasteiger partial charge in [-0.15, -0.1) is 0 Å². The van der Waals surface area contributed by atoms with Crippen LogP contribution in [0.3, 0.4) is 0 Å². The zero-order valence-corrected chi connectivity index (χ0v) is 17.3. The predicted molar refractivity (Wildman–Crippen MR) is 108 cm³/mol. The van der Waals surface area contributed by atoms with Gasteiger partial charge in [-0.25, -0.2) is 13.9 Å². The van der Waals surface area contributed by atoms with Gasteiger partial charge in [-0.1, -0.05) is 29.5 Å². The Balaban J connectivity index is 1.88. The number of carbonyl (C=O) groups excluding carboxylic acids is 1. The van der Waals surface area contributed by atoms with Crippen molar-refractivity contribution in [2.75, 3.05) is 11.5 Å². The number of nitrogens with one attached hydrogen (secondary N) is 1. The van der Waals surface area contributed by atoms with Gasteiger partial charge < -0.3 is 0 Å². The number of aryl methyl sites for hydroxylation is 1. The van der Waals surface area contributed by atoms with Crippen molar-refractivity contribution in [1.82, 2.24) is 5.48 Å². The van der Waals surface area contributed by atoms with Gasteiger partial charge in [0.2, 0.25) is 0 Å². The minimum absolute atomic E-state index is 0.103. The molecule has 0 aromatic heterocycles. The lowest BCUT2D eigenvalue weighted by Gasteiger charge is -2.34. The Labute approximate surface area is 167 Å². The summed E-state index contributed by atoms with van der Waals surface area (Å²) in [6.07, 6.45) is 0.374. The molecule has 1 heterocycles. The first kappa shape index (κ1) is 20.3. The molecule has 8 heteroatoms. The third-order valence-corrected chi connectivity index (χ3v) is 9.24. The largest absolute Gasteiger partial charge is 0.289 e. The number of hydrogen-bond donors (Lipinski definition) is 2. The van der Waals surface area contributed by atoms with Crippen LogP contribution in [-0.4, -0.2) is 35.8 Å². The van der Waals surface area contributed by atoms with Gasteiger partial charge >= 0.3 is 0 Å². The van der Waals surface area contributed by atoms with E-state index < -0.39 is 20.5 Å². The third kappa shape index (κ3) is 4.03. The van der Waals surface area contributed by atoms with Crippen molar-refractivity contribution in [2.45, 2.75) is 39.2 Å². The Hall–Kier alpha value is -1.48. The van der Waals surface area contributed by atoms with Gasteiger partial charge in [-0.3, -0.25) is 10.0 Å². The van der Waals surface area contributed by atoms with Crippen LogP contribution in [0.1, 0.15) is 18.4 Å². The molecule has 0 bridgehead atoms. The first-order valence-corrected chi connectivity index (χ1v) is 12.0. The number of thioether (sulfide) groups is 1. The van der Waals surface area contributed by atoms with Gasteiger partial charge in [0.05, 0.1) is 4.90 Å². The van der Waals surface area contributed by atoms with Crippen LogP contribution in [0.15, 0.2) is 63.2 Å². The second kappa shape index (κ2) is 8.26. The SMILES string of the molecule is Cc1ccc(Sc2ccc(S(=O)(=O)C3(C(=O)NO)CCSCC3)cc2)cc1. The van der Waals surface area contributed by atoms with E-state index in [9.17, 15) is 13.2 Å². The van der Waals surface area contributed by atoms with Crippen LogP contribution in [0.25, 0.3) is 0 Å². The highest BCUT2D eigenvalue weighted by Gasteiger charge is 2.51. The van der Waals surface area contributed by atoms with Crippen LogP contribution in [0, 0.1) is 6.92 Å². The maximum atomic E-state index is 13.2. The molecule has 27 heavy (non-hydrogen) atoms. The van der Waals surface area contributed by atoms with E-state index in [-0.39, 0.29) is 17.7 Å². The molecule has 0 atom stereocenters. The lowest BCUT2D eigenvalue weighted by Crippen LogP contribution is -2.53. The molecule has 2 aromatic rings. The molecular weight excluding hydrogens is 402 g/mol. The molecule has 1 saturated heterocycles. The van der Waals surface area contributed by atoms with E-state index in [2.05, 4.69) is 0 Å². The van der Waals surface area contributed by atoms with E-state index in [1.54, 1.807) is 53.3 Å². The van der Waals surface area contributed by atoms with E-state index >= 15 is 0 Å². The van der Waals surface area contributed by atoms with Gasteiger partial charge in [0, 0.05) is 9.79 Å². The average Bonchev–Trinajstić information content (AvgIpc) is 2.70. The van der Waals surface area contributed by atoms with Crippen LogP contribution in [-0.2, 0) is 14.6 Å². The summed E-state index contributed by atoms with van der Waals surface area (Å²) < 4.78 is 24.8. The first-order chi connectivity index (χ1) is 12.9. The van der Waals surface area contributed by atoms with Crippen LogP contribution in [0.2, 0.25) is 0 Å². The van der Waals surface area contributed by atoms with E-state index in [4.69, 9.17) is 5.21 Å². The Morgan fingerprint density at radius 3 is 2.07 bits per heavy atom. The van der Waals surface area contributed by atoms with Crippen molar-refractivity contribution < 1.29 is 18.4 Å². The summed E-state index contributed by atoms with van der Waals surface area (Å²) in [6, 6.07) is 14.7. The molecule has 0 spiro atoms. The normalized spacial score (nSPS) is 16.7. The molecule has 1 aliphatic heterocycles. The van der Waals surface area contributed by atoms with E-state index in [0.717, 1.165) is 9.79 Å². The molecular formula is C19H21NO4S3. The second-order valence-corrected chi connectivity index (χ2v) is 11.1. The summed E-state index contributed by atoms with van der Waals surface area (Å²) >= 11 is 3.16. The molecule has 0 saturated carbocycles. The smallest absolute Gasteiger partial charge is 0.265 e. The summed E-state index contributed by atoms with van der Waals surface area (Å²) in [5.74, 6) is 0.281. The number of rotatable bonds is 5. The van der Waals surface area contributed by atoms with Gasteiger partial charge in [-0.2, -0.15) is 11.8 Å². The number of hydrogen-bond acceptors (Lipinski definition) is 6. The second-order valence-electron chi connectivity index (χ2n) is 6.44. The summed E-state index contributed by atoms with van der Waals surface area (Å²) in [5, 5.41) is 9.12.